The van der Waals surface area contributed by atoms with Gasteiger partial charge in [0.05, 0.1) is 11.4 Å². The number of amides is 2. The van der Waals surface area contributed by atoms with Gasteiger partial charge in [-0.3, -0.25) is 0 Å². The van der Waals surface area contributed by atoms with Crippen molar-refractivity contribution in [2.75, 3.05) is 19.7 Å². The molecular formula is C17H20ClN3O4S. The Hall–Kier alpha value is -2.29. The maximum absolute atomic E-state index is 11.7. The van der Waals surface area contributed by atoms with E-state index in [4.69, 9.17) is 21.5 Å². The van der Waals surface area contributed by atoms with Crippen LogP contribution < -0.4 is 20.5 Å². The third-order valence-electron chi connectivity index (χ3n) is 3.40. The molecule has 0 fully saturated rings. The molecule has 0 aromatic heterocycles. The molecule has 4 N–H and O–H groups in total. The molecule has 0 saturated heterocycles. The molecule has 0 unspecified atom stereocenters. The highest BCUT2D eigenvalue weighted by atomic mass is 35.5. The summed E-state index contributed by atoms with van der Waals surface area (Å²) in [4.78, 5) is 11.8. The summed E-state index contributed by atoms with van der Waals surface area (Å²) in [7, 11) is -3.69. The van der Waals surface area contributed by atoms with Crippen LogP contribution in [0.25, 0.3) is 0 Å². The van der Waals surface area contributed by atoms with Crippen molar-refractivity contribution in [1.82, 2.24) is 10.6 Å². The number of benzene rings is 2. The van der Waals surface area contributed by atoms with Crippen LogP contribution in [0.4, 0.5) is 4.79 Å². The number of nitrogens with two attached hydrogens (primary N) is 1. The van der Waals surface area contributed by atoms with Gasteiger partial charge in [-0.15, -0.1) is 0 Å². The fourth-order valence-electron chi connectivity index (χ4n) is 2.12. The smallest absolute Gasteiger partial charge is 0.314 e. The zero-order chi connectivity index (χ0) is 19.0. The highest BCUT2D eigenvalue weighted by Gasteiger charge is 2.07. The van der Waals surface area contributed by atoms with Crippen LogP contribution in [0, 0.1) is 0 Å². The van der Waals surface area contributed by atoms with Crippen LogP contribution in [0.2, 0.25) is 5.02 Å². The lowest BCUT2D eigenvalue weighted by atomic mass is 10.1. The van der Waals surface area contributed by atoms with Gasteiger partial charge in [-0.1, -0.05) is 29.8 Å². The average Bonchev–Trinajstić information content (AvgIpc) is 2.58. The lowest BCUT2D eigenvalue weighted by Gasteiger charge is -2.09. The zero-order valence-electron chi connectivity index (χ0n) is 13.9. The standard InChI is InChI=1S/C17H20ClN3O4S/c18-14-2-1-3-15(12-14)25-11-10-21-17(22)20-9-8-13-4-6-16(7-5-13)26(19,23)24/h1-7,12H,8-11H2,(H2,19,23,24)(H2,20,21,22). The molecule has 140 valence electrons. The summed E-state index contributed by atoms with van der Waals surface area (Å²) < 4.78 is 27.8. The number of nitrogens with one attached hydrogen (secondary N) is 2. The first-order chi connectivity index (χ1) is 12.3. The Morgan fingerprint density at radius 1 is 1.08 bits per heavy atom. The lowest BCUT2D eigenvalue weighted by molar-refractivity contribution is 0.236. The van der Waals surface area contributed by atoms with Crippen molar-refractivity contribution >= 4 is 27.7 Å². The normalized spacial score (nSPS) is 11.0. The molecule has 9 heteroatoms. The molecule has 2 amide bonds. The van der Waals surface area contributed by atoms with E-state index < -0.39 is 10.0 Å². The predicted molar refractivity (Wildman–Crippen MR) is 99.9 cm³/mol. The number of halogens is 1. The molecule has 2 aromatic carbocycles. The molecule has 0 atom stereocenters. The highest BCUT2D eigenvalue weighted by molar-refractivity contribution is 7.89. The van der Waals surface area contributed by atoms with E-state index in [-0.39, 0.29) is 10.9 Å². The van der Waals surface area contributed by atoms with Gasteiger partial charge in [-0.05, 0) is 42.3 Å². The first-order valence-corrected chi connectivity index (χ1v) is 9.79. The highest BCUT2D eigenvalue weighted by Crippen LogP contribution is 2.16. The molecule has 26 heavy (non-hydrogen) atoms. The van der Waals surface area contributed by atoms with Gasteiger partial charge in [0.2, 0.25) is 10.0 Å². The Kier molecular flexibility index (Phi) is 7.26. The Balaban J connectivity index is 1.63. The van der Waals surface area contributed by atoms with Crippen LogP contribution in [-0.2, 0) is 16.4 Å². The number of hydrogen-bond donors (Lipinski definition) is 3. The largest absolute Gasteiger partial charge is 0.492 e. The summed E-state index contributed by atoms with van der Waals surface area (Å²) in [6.45, 7) is 1.08. The summed E-state index contributed by atoms with van der Waals surface area (Å²) in [6, 6.07) is 12.9. The van der Waals surface area contributed by atoms with E-state index in [1.165, 1.54) is 12.1 Å². The number of primary sulfonamides is 1. The van der Waals surface area contributed by atoms with Crippen LogP contribution in [0.5, 0.6) is 5.75 Å². The molecule has 0 aliphatic rings. The molecule has 0 aliphatic heterocycles. The van der Waals surface area contributed by atoms with Crippen LogP contribution in [0.1, 0.15) is 5.56 Å². The van der Waals surface area contributed by atoms with Gasteiger partial charge < -0.3 is 15.4 Å². The summed E-state index contributed by atoms with van der Waals surface area (Å²) in [5.41, 5.74) is 0.891. The summed E-state index contributed by atoms with van der Waals surface area (Å²) >= 11 is 5.85. The number of rotatable bonds is 8. The fourth-order valence-corrected chi connectivity index (χ4v) is 2.81. The van der Waals surface area contributed by atoms with Gasteiger partial charge in [-0.25, -0.2) is 18.4 Å². The van der Waals surface area contributed by atoms with Crippen molar-refractivity contribution in [2.24, 2.45) is 5.14 Å². The van der Waals surface area contributed by atoms with Gasteiger partial charge in [0, 0.05) is 11.6 Å². The third-order valence-corrected chi connectivity index (χ3v) is 4.57. The van der Waals surface area contributed by atoms with Gasteiger partial charge in [0.25, 0.3) is 0 Å². The van der Waals surface area contributed by atoms with E-state index in [2.05, 4.69) is 10.6 Å². The Labute approximate surface area is 157 Å². The average molecular weight is 398 g/mol. The van der Waals surface area contributed by atoms with Crippen LogP contribution >= 0.6 is 11.6 Å². The van der Waals surface area contributed by atoms with E-state index in [0.29, 0.717) is 36.9 Å². The predicted octanol–water partition coefficient (Wildman–Crippen LogP) is 1.91. The SMILES string of the molecule is NS(=O)(=O)c1ccc(CCNC(=O)NCCOc2cccc(Cl)c2)cc1. The summed E-state index contributed by atoms with van der Waals surface area (Å²) in [5.74, 6) is 0.641. The Morgan fingerprint density at radius 2 is 1.77 bits per heavy atom. The molecule has 2 aromatic rings. The number of ether oxygens (including phenoxy) is 1. The molecule has 0 aliphatic carbocycles. The summed E-state index contributed by atoms with van der Waals surface area (Å²) in [6.07, 6.45) is 0.567. The monoisotopic (exact) mass is 397 g/mol. The number of urea groups is 1. The van der Waals surface area contributed by atoms with Crippen molar-refractivity contribution < 1.29 is 17.9 Å². The van der Waals surface area contributed by atoms with Crippen molar-refractivity contribution in [3.8, 4) is 5.75 Å². The molecule has 7 nitrogen and oxygen atoms in total. The first kappa shape index (κ1) is 20.0. The fraction of sp³-hybridized carbons (Fsp3) is 0.235. The van der Waals surface area contributed by atoms with Crippen molar-refractivity contribution in [3.05, 3.63) is 59.1 Å². The molecule has 0 saturated carbocycles. The topological polar surface area (TPSA) is 111 Å². The molecule has 0 heterocycles. The quantitative estimate of drug-likeness (QED) is 0.591. The minimum Gasteiger partial charge on any atom is -0.492 e. The zero-order valence-corrected chi connectivity index (χ0v) is 15.5. The Bertz CT molecular complexity index is 841. The van der Waals surface area contributed by atoms with Crippen LogP contribution in [0.15, 0.2) is 53.4 Å². The second kappa shape index (κ2) is 9.42. The molecule has 2 rings (SSSR count). The van der Waals surface area contributed by atoms with Gasteiger partial charge in [-0.2, -0.15) is 0 Å². The minimum atomic E-state index is -3.69. The van der Waals surface area contributed by atoms with Crippen molar-refractivity contribution in [2.45, 2.75) is 11.3 Å². The van der Waals surface area contributed by atoms with Gasteiger partial charge in [0.15, 0.2) is 0 Å². The first-order valence-electron chi connectivity index (χ1n) is 7.86. The maximum Gasteiger partial charge on any atom is 0.314 e. The van der Waals surface area contributed by atoms with E-state index in [9.17, 15) is 13.2 Å². The second-order valence-corrected chi connectivity index (χ2v) is 7.43. The number of sulfonamides is 1. The van der Waals surface area contributed by atoms with Crippen LogP contribution in [-0.4, -0.2) is 34.1 Å². The lowest BCUT2D eigenvalue weighted by Crippen LogP contribution is -2.38. The third kappa shape index (κ3) is 6.91. The Morgan fingerprint density at radius 3 is 2.42 bits per heavy atom. The van der Waals surface area contributed by atoms with E-state index in [1.54, 1.807) is 36.4 Å². The van der Waals surface area contributed by atoms with Gasteiger partial charge in [0.1, 0.15) is 12.4 Å². The number of hydrogen-bond acceptors (Lipinski definition) is 4. The van der Waals surface area contributed by atoms with E-state index in [0.717, 1.165) is 5.56 Å². The maximum atomic E-state index is 11.7. The molecule has 0 radical (unpaired) electrons. The van der Waals surface area contributed by atoms with Crippen molar-refractivity contribution in [3.63, 3.8) is 0 Å². The second-order valence-electron chi connectivity index (χ2n) is 5.43. The van der Waals surface area contributed by atoms with E-state index in [1.807, 2.05) is 0 Å². The number of carbonyl (C=O) groups is 1. The molecule has 0 spiro atoms. The number of carbonyl (C=O) groups excluding carboxylic acids is 1. The summed E-state index contributed by atoms with van der Waals surface area (Å²) in [5, 5.41) is 11.0. The molecular weight excluding hydrogens is 378 g/mol. The van der Waals surface area contributed by atoms with Gasteiger partial charge >= 0.3 is 6.03 Å². The minimum absolute atomic E-state index is 0.0617. The molecule has 0 bridgehead atoms. The van der Waals surface area contributed by atoms with Crippen LogP contribution in [0.3, 0.4) is 0 Å². The van der Waals surface area contributed by atoms with Crippen molar-refractivity contribution in [1.29, 1.82) is 0 Å². The van der Waals surface area contributed by atoms with E-state index >= 15 is 0 Å².